The molecule has 0 fully saturated rings. The third-order valence-electron chi connectivity index (χ3n) is 3.33. The van der Waals surface area contributed by atoms with Crippen LogP contribution in [0.4, 0.5) is 5.69 Å². The molecule has 2 aromatic rings. The van der Waals surface area contributed by atoms with Crippen molar-refractivity contribution in [3.05, 3.63) is 51.2 Å². The molecule has 18 heavy (non-hydrogen) atoms. The lowest BCUT2D eigenvalue weighted by Crippen LogP contribution is -2.21. The van der Waals surface area contributed by atoms with Gasteiger partial charge in [-0.15, -0.1) is 0 Å². The first-order chi connectivity index (χ1) is 8.65. The average molecular weight is 242 g/mol. The number of pyridine rings is 1. The van der Waals surface area contributed by atoms with E-state index < -0.39 is 0 Å². The van der Waals surface area contributed by atoms with Gasteiger partial charge in [0.25, 0.3) is 5.56 Å². The molecule has 0 atom stereocenters. The zero-order chi connectivity index (χ0) is 12.7. The normalized spacial score (nSPS) is 13.8. The number of aromatic amines is 1. The van der Waals surface area contributed by atoms with Gasteiger partial charge in [0.2, 0.25) is 0 Å². The van der Waals surface area contributed by atoms with E-state index in [1.165, 1.54) is 5.56 Å². The number of nitrogens with one attached hydrogen (secondary N) is 1. The van der Waals surface area contributed by atoms with Gasteiger partial charge < -0.3 is 4.90 Å². The number of rotatable bonds is 1. The van der Waals surface area contributed by atoms with Crippen LogP contribution in [0.5, 0.6) is 0 Å². The predicted molar refractivity (Wildman–Crippen MR) is 68.5 cm³/mol. The Morgan fingerprint density at radius 3 is 2.94 bits per heavy atom. The molecule has 0 radical (unpaired) electrons. The molecule has 1 aliphatic rings. The lowest BCUT2D eigenvalue weighted by atomic mass is 10.2. The van der Waals surface area contributed by atoms with Crippen molar-refractivity contribution in [2.45, 2.75) is 26.9 Å². The summed E-state index contributed by atoms with van der Waals surface area (Å²) in [6, 6.07) is 4.12. The van der Waals surface area contributed by atoms with Crippen LogP contribution in [-0.2, 0) is 13.1 Å². The van der Waals surface area contributed by atoms with Crippen molar-refractivity contribution < 1.29 is 0 Å². The fourth-order valence-electron chi connectivity index (χ4n) is 2.30. The van der Waals surface area contributed by atoms with Crippen molar-refractivity contribution in [3.63, 3.8) is 0 Å². The van der Waals surface area contributed by atoms with E-state index in [2.05, 4.69) is 26.1 Å². The Kier molecular flexibility index (Phi) is 2.40. The average Bonchev–Trinajstić information content (AvgIpc) is 2.75. The van der Waals surface area contributed by atoms with Gasteiger partial charge in [0.15, 0.2) is 0 Å². The summed E-state index contributed by atoms with van der Waals surface area (Å²) in [7, 11) is 0. The van der Waals surface area contributed by atoms with Gasteiger partial charge >= 0.3 is 0 Å². The Hall–Kier alpha value is -2.17. The van der Waals surface area contributed by atoms with E-state index >= 15 is 0 Å². The third kappa shape index (κ3) is 1.68. The molecule has 0 unspecified atom stereocenters. The summed E-state index contributed by atoms with van der Waals surface area (Å²) >= 11 is 0. The van der Waals surface area contributed by atoms with Gasteiger partial charge in [-0.3, -0.25) is 9.78 Å². The monoisotopic (exact) mass is 242 g/mol. The van der Waals surface area contributed by atoms with E-state index in [-0.39, 0.29) is 5.56 Å². The molecule has 92 valence electrons. The largest absolute Gasteiger partial charge is 0.360 e. The Morgan fingerprint density at radius 1 is 1.28 bits per heavy atom. The number of hydrogen-bond donors (Lipinski definition) is 1. The summed E-state index contributed by atoms with van der Waals surface area (Å²) in [5.41, 5.74) is 4.79. The number of nitrogens with zero attached hydrogens (tertiary/aromatic N) is 3. The molecule has 5 heteroatoms. The van der Waals surface area contributed by atoms with Gasteiger partial charge in [0, 0.05) is 17.8 Å². The number of hydrogen-bond acceptors (Lipinski definition) is 4. The van der Waals surface area contributed by atoms with Crippen LogP contribution in [0.2, 0.25) is 0 Å². The molecule has 3 rings (SSSR count). The molecule has 1 N–H and O–H groups in total. The van der Waals surface area contributed by atoms with Crippen molar-refractivity contribution in [2.75, 3.05) is 4.90 Å². The molecule has 0 saturated carbocycles. The standard InChI is InChI=1S/C13H14N4O/c1-8-3-4-10-6-17(7-11(10)15-8)12-5-14-16-13(18)9(12)2/h3-5H,6-7H2,1-2H3,(H,16,18). The van der Waals surface area contributed by atoms with E-state index in [4.69, 9.17) is 0 Å². The van der Waals surface area contributed by atoms with Crippen LogP contribution in [0.15, 0.2) is 23.1 Å². The first-order valence-electron chi connectivity index (χ1n) is 5.90. The smallest absolute Gasteiger partial charge is 0.269 e. The lowest BCUT2D eigenvalue weighted by molar-refractivity contribution is 0.840. The highest BCUT2D eigenvalue weighted by molar-refractivity contribution is 5.53. The summed E-state index contributed by atoms with van der Waals surface area (Å²) in [5.74, 6) is 0. The molecule has 3 heterocycles. The number of fused-ring (bicyclic) bond motifs is 1. The molecule has 0 saturated heterocycles. The van der Waals surface area contributed by atoms with Crippen LogP contribution in [0.3, 0.4) is 0 Å². The number of aromatic nitrogens is 3. The maximum Gasteiger partial charge on any atom is 0.269 e. The molecular weight excluding hydrogens is 228 g/mol. The second-order valence-electron chi connectivity index (χ2n) is 4.62. The maximum atomic E-state index is 11.6. The van der Waals surface area contributed by atoms with Crippen molar-refractivity contribution in [1.29, 1.82) is 0 Å². The van der Waals surface area contributed by atoms with Gasteiger partial charge in [-0.25, -0.2) is 5.10 Å². The van der Waals surface area contributed by atoms with Gasteiger partial charge in [0.05, 0.1) is 24.1 Å². The molecule has 0 bridgehead atoms. The van der Waals surface area contributed by atoms with E-state index in [1.54, 1.807) is 6.20 Å². The first-order valence-corrected chi connectivity index (χ1v) is 5.90. The lowest BCUT2D eigenvalue weighted by Gasteiger charge is -2.18. The minimum atomic E-state index is -0.132. The van der Waals surface area contributed by atoms with E-state index in [0.29, 0.717) is 5.56 Å². The minimum Gasteiger partial charge on any atom is -0.360 e. The predicted octanol–water partition coefficient (Wildman–Crippen LogP) is 1.30. The van der Waals surface area contributed by atoms with Crippen LogP contribution in [-0.4, -0.2) is 15.2 Å². The van der Waals surface area contributed by atoms with Crippen LogP contribution in [0, 0.1) is 13.8 Å². The topological polar surface area (TPSA) is 61.9 Å². The zero-order valence-corrected chi connectivity index (χ0v) is 10.4. The maximum absolute atomic E-state index is 11.6. The summed E-state index contributed by atoms with van der Waals surface area (Å²) < 4.78 is 0. The Bertz CT molecular complexity index is 662. The van der Waals surface area contributed by atoms with Crippen molar-refractivity contribution in [1.82, 2.24) is 15.2 Å². The Balaban J connectivity index is 1.99. The van der Waals surface area contributed by atoms with Crippen molar-refractivity contribution >= 4 is 5.69 Å². The first kappa shape index (κ1) is 11.0. The van der Waals surface area contributed by atoms with Crippen LogP contribution in [0.1, 0.15) is 22.5 Å². The van der Waals surface area contributed by atoms with Crippen LogP contribution in [0.25, 0.3) is 0 Å². The Labute approximate surface area is 104 Å². The summed E-state index contributed by atoms with van der Waals surface area (Å²) in [4.78, 5) is 18.2. The molecular formula is C13H14N4O. The highest BCUT2D eigenvalue weighted by Gasteiger charge is 2.22. The second-order valence-corrected chi connectivity index (χ2v) is 4.62. The van der Waals surface area contributed by atoms with Gasteiger partial charge in [-0.05, 0) is 25.5 Å². The van der Waals surface area contributed by atoms with E-state index in [0.717, 1.165) is 30.2 Å². The van der Waals surface area contributed by atoms with E-state index in [1.807, 2.05) is 19.9 Å². The quantitative estimate of drug-likeness (QED) is 0.818. The van der Waals surface area contributed by atoms with Crippen molar-refractivity contribution in [2.24, 2.45) is 0 Å². The van der Waals surface area contributed by atoms with Crippen LogP contribution >= 0.6 is 0 Å². The fourth-order valence-corrected chi connectivity index (χ4v) is 2.30. The molecule has 0 spiro atoms. The van der Waals surface area contributed by atoms with Crippen molar-refractivity contribution in [3.8, 4) is 0 Å². The SMILES string of the molecule is Cc1ccc2c(n1)CN(c1cn[nH]c(=O)c1C)C2. The molecule has 2 aromatic heterocycles. The molecule has 0 amide bonds. The Morgan fingerprint density at radius 2 is 2.11 bits per heavy atom. The number of anilines is 1. The third-order valence-corrected chi connectivity index (χ3v) is 3.33. The highest BCUT2D eigenvalue weighted by Crippen LogP contribution is 2.27. The number of H-pyrrole nitrogens is 1. The van der Waals surface area contributed by atoms with Gasteiger partial charge in [0.1, 0.15) is 0 Å². The minimum absolute atomic E-state index is 0.132. The highest BCUT2D eigenvalue weighted by atomic mass is 16.1. The number of aryl methyl sites for hydroxylation is 1. The molecule has 0 aliphatic carbocycles. The molecule has 0 aromatic carbocycles. The summed E-state index contributed by atoms with van der Waals surface area (Å²) in [5, 5.41) is 6.32. The van der Waals surface area contributed by atoms with E-state index in [9.17, 15) is 4.79 Å². The fraction of sp³-hybridized carbons (Fsp3) is 0.308. The van der Waals surface area contributed by atoms with Crippen LogP contribution < -0.4 is 10.5 Å². The zero-order valence-electron chi connectivity index (χ0n) is 10.4. The summed E-state index contributed by atoms with van der Waals surface area (Å²) in [6.45, 7) is 5.33. The molecule has 1 aliphatic heterocycles. The summed E-state index contributed by atoms with van der Waals surface area (Å²) in [6.07, 6.45) is 1.70. The second kappa shape index (κ2) is 3.94. The molecule has 5 nitrogen and oxygen atoms in total. The van der Waals surface area contributed by atoms with Gasteiger partial charge in [-0.2, -0.15) is 5.10 Å². The van der Waals surface area contributed by atoms with Gasteiger partial charge in [-0.1, -0.05) is 6.07 Å².